The second-order valence-corrected chi connectivity index (χ2v) is 5.39. The molecule has 0 spiro atoms. The standard InChI is InChI=1S/C13H8ClF2NO3S/c1-5-4-21-11(10(5)14)12(18)17-9-2-6(13(19)20)7(15)3-8(9)16/h2-4H,1H3,(H,17,18)(H,19,20). The number of hydrogen-bond donors (Lipinski definition) is 2. The van der Waals surface area contributed by atoms with Crippen molar-refractivity contribution in [2.75, 3.05) is 5.32 Å². The molecular weight excluding hydrogens is 324 g/mol. The molecule has 0 atom stereocenters. The van der Waals surface area contributed by atoms with Gasteiger partial charge in [-0.15, -0.1) is 11.3 Å². The first-order valence-electron chi connectivity index (χ1n) is 5.58. The number of nitrogens with one attached hydrogen (secondary N) is 1. The first kappa shape index (κ1) is 15.4. The van der Waals surface area contributed by atoms with E-state index >= 15 is 0 Å². The Morgan fingerprint density at radius 1 is 1.29 bits per heavy atom. The second kappa shape index (κ2) is 5.79. The van der Waals surface area contributed by atoms with Gasteiger partial charge in [0.15, 0.2) is 0 Å². The first-order chi connectivity index (χ1) is 9.81. The van der Waals surface area contributed by atoms with Gasteiger partial charge in [-0.05, 0) is 23.9 Å². The Labute approximate surface area is 127 Å². The number of carboxylic acid groups (broad SMARTS) is 1. The highest BCUT2D eigenvalue weighted by Gasteiger charge is 2.19. The fraction of sp³-hybridized carbons (Fsp3) is 0.0769. The van der Waals surface area contributed by atoms with Crippen molar-refractivity contribution in [2.45, 2.75) is 6.92 Å². The van der Waals surface area contributed by atoms with Gasteiger partial charge in [-0.1, -0.05) is 11.6 Å². The number of carbonyl (C=O) groups excluding carboxylic acids is 1. The molecule has 2 aromatic rings. The van der Waals surface area contributed by atoms with Crippen LogP contribution in [0.1, 0.15) is 25.6 Å². The number of rotatable bonds is 3. The van der Waals surface area contributed by atoms with E-state index in [2.05, 4.69) is 5.32 Å². The molecule has 0 saturated heterocycles. The van der Waals surface area contributed by atoms with Crippen molar-refractivity contribution in [3.8, 4) is 0 Å². The van der Waals surface area contributed by atoms with Gasteiger partial charge in [0.25, 0.3) is 5.91 Å². The lowest BCUT2D eigenvalue weighted by Crippen LogP contribution is -2.13. The summed E-state index contributed by atoms with van der Waals surface area (Å²) in [4.78, 5) is 22.9. The summed E-state index contributed by atoms with van der Waals surface area (Å²) in [5.74, 6) is -4.55. The van der Waals surface area contributed by atoms with Crippen molar-refractivity contribution < 1.29 is 23.5 Å². The fourth-order valence-corrected chi connectivity index (χ4v) is 2.74. The summed E-state index contributed by atoms with van der Waals surface area (Å²) in [6, 6.07) is 1.12. The Morgan fingerprint density at radius 2 is 1.95 bits per heavy atom. The van der Waals surface area contributed by atoms with E-state index < -0.39 is 34.8 Å². The van der Waals surface area contributed by atoms with Crippen molar-refractivity contribution in [3.05, 3.63) is 50.2 Å². The molecule has 1 aromatic carbocycles. The Kier molecular flexibility index (Phi) is 4.24. The molecule has 0 aliphatic rings. The normalized spacial score (nSPS) is 10.5. The molecule has 0 fully saturated rings. The van der Waals surface area contributed by atoms with Gasteiger partial charge in [-0.2, -0.15) is 0 Å². The second-order valence-electron chi connectivity index (χ2n) is 4.13. The number of carboxylic acids is 1. The number of anilines is 1. The van der Waals surface area contributed by atoms with Crippen LogP contribution in [-0.2, 0) is 0 Å². The number of carbonyl (C=O) groups is 2. The Bertz CT molecular complexity index is 745. The average Bonchev–Trinajstić information content (AvgIpc) is 2.73. The van der Waals surface area contributed by atoms with Crippen LogP contribution in [0.15, 0.2) is 17.5 Å². The number of thiophene rings is 1. The molecule has 2 N–H and O–H groups in total. The third-order valence-electron chi connectivity index (χ3n) is 2.64. The summed E-state index contributed by atoms with van der Waals surface area (Å²) >= 11 is 6.98. The number of amides is 1. The molecule has 21 heavy (non-hydrogen) atoms. The SMILES string of the molecule is Cc1csc(C(=O)Nc2cc(C(=O)O)c(F)cc2F)c1Cl. The van der Waals surface area contributed by atoms with Gasteiger partial charge in [0.2, 0.25) is 0 Å². The molecule has 0 radical (unpaired) electrons. The average molecular weight is 332 g/mol. The maximum Gasteiger partial charge on any atom is 0.338 e. The molecule has 0 aliphatic carbocycles. The summed E-state index contributed by atoms with van der Waals surface area (Å²) < 4.78 is 26.9. The van der Waals surface area contributed by atoms with Crippen LogP contribution in [0.3, 0.4) is 0 Å². The zero-order chi connectivity index (χ0) is 15.7. The number of benzene rings is 1. The summed E-state index contributed by atoms with van der Waals surface area (Å²) in [6.07, 6.45) is 0. The number of hydrogen-bond acceptors (Lipinski definition) is 3. The zero-order valence-electron chi connectivity index (χ0n) is 10.5. The maximum atomic E-state index is 13.6. The number of aryl methyl sites for hydroxylation is 1. The molecule has 4 nitrogen and oxygen atoms in total. The first-order valence-corrected chi connectivity index (χ1v) is 6.84. The quantitative estimate of drug-likeness (QED) is 0.895. The summed E-state index contributed by atoms with van der Waals surface area (Å²) in [5.41, 5.74) is -0.473. The zero-order valence-corrected chi connectivity index (χ0v) is 12.1. The Hall–Kier alpha value is -1.99. The highest BCUT2D eigenvalue weighted by atomic mass is 35.5. The van der Waals surface area contributed by atoms with Gasteiger partial charge in [-0.3, -0.25) is 4.79 Å². The van der Waals surface area contributed by atoms with Crippen LogP contribution >= 0.6 is 22.9 Å². The van der Waals surface area contributed by atoms with Crippen LogP contribution in [0.2, 0.25) is 5.02 Å². The molecule has 0 unspecified atom stereocenters. The largest absolute Gasteiger partial charge is 0.478 e. The molecule has 0 aliphatic heterocycles. The number of halogens is 3. The molecule has 110 valence electrons. The fourth-order valence-electron chi connectivity index (χ4n) is 1.57. The molecule has 1 amide bonds. The van der Waals surface area contributed by atoms with E-state index in [-0.39, 0.29) is 9.90 Å². The van der Waals surface area contributed by atoms with E-state index in [1.807, 2.05) is 0 Å². The lowest BCUT2D eigenvalue weighted by Gasteiger charge is -2.07. The van der Waals surface area contributed by atoms with Gasteiger partial charge in [0, 0.05) is 6.07 Å². The lowest BCUT2D eigenvalue weighted by molar-refractivity contribution is 0.0691. The third-order valence-corrected chi connectivity index (χ3v) is 4.34. The van der Waals surface area contributed by atoms with Crippen LogP contribution in [-0.4, -0.2) is 17.0 Å². The van der Waals surface area contributed by atoms with E-state index in [9.17, 15) is 18.4 Å². The van der Waals surface area contributed by atoms with Crippen LogP contribution in [0.5, 0.6) is 0 Å². The topological polar surface area (TPSA) is 66.4 Å². The minimum absolute atomic E-state index is 0.162. The van der Waals surface area contributed by atoms with Crippen LogP contribution < -0.4 is 5.32 Å². The molecular formula is C13H8ClF2NO3S. The summed E-state index contributed by atoms with van der Waals surface area (Å²) in [5, 5.41) is 12.9. The van der Waals surface area contributed by atoms with Crippen LogP contribution in [0.25, 0.3) is 0 Å². The summed E-state index contributed by atoms with van der Waals surface area (Å²) in [6.45, 7) is 1.70. The molecule has 0 bridgehead atoms. The van der Waals surface area contributed by atoms with Crippen LogP contribution in [0.4, 0.5) is 14.5 Å². The Balaban J connectivity index is 2.35. The van der Waals surface area contributed by atoms with Crippen molar-refractivity contribution in [3.63, 3.8) is 0 Å². The molecule has 0 saturated carbocycles. The molecule has 1 aromatic heterocycles. The van der Waals surface area contributed by atoms with Gasteiger partial charge in [0.05, 0.1) is 16.3 Å². The van der Waals surface area contributed by atoms with Gasteiger partial charge < -0.3 is 10.4 Å². The van der Waals surface area contributed by atoms with E-state index in [0.29, 0.717) is 11.6 Å². The van der Waals surface area contributed by atoms with E-state index in [1.165, 1.54) is 0 Å². The van der Waals surface area contributed by atoms with Crippen molar-refractivity contribution >= 4 is 40.5 Å². The predicted molar refractivity (Wildman–Crippen MR) is 75.3 cm³/mol. The smallest absolute Gasteiger partial charge is 0.338 e. The van der Waals surface area contributed by atoms with Gasteiger partial charge in [0.1, 0.15) is 16.5 Å². The Morgan fingerprint density at radius 3 is 2.48 bits per heavy atom. The molecule has 2 rings (SSSR count). The molecule has 8 heteroatoms. The lowest BCUT2D eigenvalue weighted by atomic mass is 10.1. The van der Waals surface area contributed by atoms with E-state index in [4.69, 9.17) is 16.7 Å². The van der Waals surface area contributed by atoms with Crippen molar-refractivity contribution in [2.24, 2.45) is 0 Å². The monoisotopic (exact) mass is 331 g/mol. The third kappa shape index (κ3) is 3.03. The minimum Gasteiger partial charge on any atom is -0.478 e. The number of aromatic carboxylic acids is 1. The maximum absolute atomic E-state index is 13.6. The van der Waals surface area contributed by atoms with Crippen LogP contribution in [0, 0.1) is 18.6 Å². The molecule has 1 heterocycles. The highest BCUT2D eigenvalue weighted by molar-refractivity contribution is 7.13. The van der Waals surface area contributed by atoms with Crippen molar-refractivity contribution in [1.29, 1.82) is 0 Å². The van der Waals surface area contributed by atoms with Gasteiger partial charge >= 0.3 is 5.97 Å². The predicted octanol–water partition coefficient (Wildman–Crippen LogP) is 3.94. The minimum atomic E-state index is -1.56. The summed E-state index contributed by atoms with van der Waals surface area (Å²) in [7, 11) is 0. The van der Waals surface area contributed by atoms with E-state index in [1.54, 1.807) is 12.3 Å². The highest BCUT2D eigenvalue weighted by Crippen LogP contribution is 2.28. The van der Waals surface area contributed by atoms with Crippen molar-refractivity contribution in [1.82, 2.24) is 0 Å². The van der Waals surface area contributed by atoms with Gasteiger partial charge in [-0.25, -0.2) is 13.6 Å². The van der Waals surface area contributed by atoms with E-state index in [0.717, 1.165) is 17.4 Å².